The number of thioether (sulfide) groups is 1. The van der Waals surface area contributed by atoms with Crippen LogP contribution in [-0.2, 0) is 4.79 Å². The molecular formula is C23H25N3O3S. The number of para-hydroxylation sites is 1. The van der Waals surface area contributed by atoms with Gasteiger partial charge in [0.1, 0.15) is 5.75 Å². The fraction of sp³-hybridized carbons (Fsp3) is 0.348. The van der Waals surface area contributed by atoms with Crippen molar-refractivity contribution in [2.24, 2.45) is 0 Å². The molecule has 1 aliphatic rings. The average molecular weight is 424 g/mol. The summed E-state index contributed by atoms with van der Waals surface area (Å²) in [6.07, 6.45) is 2.10. The monoisotopic (exact) mass is 423 g/mol. The maximum atomic E-state index is 13.4. The summed E-state index contributed by atoms with van der Waals surface area (Å²) < 4.78 is 7.12. The molecule has 2 aromatic carbocycles. The number of carbonyl (C=O) groups excluding carboxylic acids is 1. The lowest BCUT2D eigenvalue weighted by Gasteiger charge is -2.21. The van der Waals surface area contributed by atoms with E-state index < -0.39 is 0 Å². The molecule has 3 aromatic rings. The first-order chi connectivity index (χ1) is 14.6. The number of benzene rings is 2. The van der Waals surface area contributed by atoms with Crippen molar-refractivity contribution in [3.05, 3.63) is 58.9 Å². The standard InChI is InChI=1S/C23H25N3O3S/c1-3-29-18-12-10-17(11-13-18)26-22(28)19-8-4-5-9-20(19)24-23(26)30-16(2)21(27)25-14-6-7-15-25/h4-5,8-13,16H,3,6-7,14-15H2,1-2H3/t16-/m1/s1. The Kier molecular flexibility index (Phi) is 6.08. The molecule has 0 saturated carbocycles. The van der Waals surface area contributed by atoms with Crippen molar-refractivity contribution in [2.75, 3.05) is 19.7 Å². The highest BCUT2D eigenvalue weighted by atomic mass is 32.2. The first-order valence-corrected chi connectivity index (χ1v) is 11.2. The van der Waals surface area contributed by atoms with Crippen LogP contribution in [0.4, 0.5) is 0 Å². The van der Waals surface area contributed by atoms with Gasteiger partial charge in [-0.2, -0.15) is 0 Å². The average Bonchev–Trinajstić information content (AvgIpc) is 3.29. The van der Waals surface area contributed by atoms with Crippen LogP contribution in [0.5, 0.6) is 5.75 Å². The highest BCUT2D eigenvalue weighted by molar-refractivity contribution is 8.00. The molecule has 4 rings (SSSR count). The van der Waals surface area contributed by atoms with Crippen molar-refractivity contribution in [3.8, 4) is 11.4 Å². The van der Waals surface area contributed by atoms with E-state index in [1.807, 2.05) is 61.2 Å². The summed E-state index contributed by atoms with van der Waals surface area (Å²) in [5, 5.41) is 0.738. The molecule has 0 spiro atoms. The van der Waals surface area contributed by atoms with Crippen molar-refractivity contribution >= 4 is 28.6 Å². The Hall–Kier alpha value is -2.80. The molecule has 7 heteroatoms. The third-order valence-electron chi connectivity index (χ3n) is 5.20. The zero-order valence-corrected chi connectivity index (χ0v) is 18.0. The van der Waals surface area contributed by atoms with Crippen LogP contribution < -0.4 is 10.3 Å². The van der Waals surface area contributed by atoms with E-state index in [1.54, 1.807) is 10.6 Å². The zero-order valence-electron chi connectivity index (χ0n) is 17.2. The topological polar surface area (TPSA) is 64.4 Å². The maximum Gasteiger partial charge on any atom is 0.266 e. The van der Waals surface area contributed by atoms with E-state index in [2.05, 4.69) is 0 Å². The van der Waals surface area contributed by atoms with Crippen LogP contribution in [0.3, 0.4) is 0 Å². The Morgan fingerprint density at radius 3 is 2.53 bits per heavy atom. The van der Waals surface area contributed by atoms with Crippen LogP contribution >= 0.6 is 11.8 Å². The SMILES string of the molecule is CCOc1ccc(-n2c(S[C@H](C)C(=O)N3CCCC3)nc3ccccc3c2=O)cc1. The van der Waals surface area contributed by atoms with E-state index in [4.69, 9.17) is 9.72 Å². The van der Waals surface area contributed by atoms with Gasteiger partial charge in [0, 0.05) is 13.1 Å². The van der Waals surface area contributed by atoms with E-state index in [0.717, 1.165) is 31.7 Å². The Labute approximate surface area is 179 Å². The number of amides is 1. The molecule has 0 aliphatic carbocycles. The van der Waals surface area contributed by atoms with E-state index in [0.29, 0.717) is 28.4 Å². The van der Waals surface area contributed by atoms with Gasteiger partial charge in [-0.05, 0) is 63.1 Å². The van der Waals surface area contributed by atoms with Crippen LogP contribution in [0.25, 0.3) is 16.6 Å². The number of ether oxygens (including phenoxy) is 1. The molecule has 0 radical (unpaired) electrons. The molecule has 1 fully saturated rings. The molecule has 1 aromatic heterocycles. The Bertz CT molecular complexity index is 1100. The fourth-order valence-electron chi connectivity index (χ4n) is 3.68. The molecule has 1 aliphatic heterocycles. The third-order valence-corrected chi connectivity index (χ3v) is 6.24. The van der Waals surface area contributed by atoms with Crippen LogP contribution in [0, 0.1) is 0 Å². The second kappa shape index (κ2) is 8.92. The van der Waals surface area contributed by atoms with Crippen molar-refractivity contribution in [2.45, 2.75) is 37.1 Å². The largest absolute Gasteiger partial charge is 0.494 e. The molecule has 6 nitrogen and oxygen atoms in total. The normalized spacial score (nSPS) is 14.8. The number of likely N-dealkylation sites (tertiary alicyclic amines) is 1. The summed E-state index contributed by atoms with van der Waals surface area (Å²) in [4.78, 5) is 32.8. The molecule has 1 saturated heterocycles. The molecule has 30 heavy (non-hydrogen) atoms. The summed E-state index contributed by atoms with van der Waals surface area (Å²) >= 11 is 1.33. The van der Waals surface area contributed by atoms with Crippen molar-refractivity contribution in [3.63, 3.8) is 0 Å². The van der Waals surface area contributed by atoms with E-state index in [-0.39, 0.29) is 16.7 Å². The number of hydrogen-bond donors (Lipinski definition) is 0. The van der Waals surface area contributed by atoms with Crippen LogP contribution in [0.1, 0.15) is 26.7 Å². The zero-order chi connectivity index (χ0) is 21.1. The molecule has 0 N–H and O–H groups in total. The highest BCUT2D eigenvalue weighted by Gasteiger charge is 2.26. The predicted octanol–water partition coefficient (Wildman–Crippen LogP) is 3.89. The Morgan fingerprint density at radius 2 is 1.83 bits per heavy atom. The molecule has 0 bridgehead atoms. The lowest BCUT2D eigenvalue weighted by atomic mass is 10.2. The lowest BCUT2D eigenvalue weighted by molar-refractivity contribution is -0.129. The maximum absolute atomic E-state index is 13.4. The number of rotatable bonds is 6. The first kappa shape index (κ1) is 20.5. The van der Waals surface area contributed by atoms with Gasteiger partial charge >= 0.3 is 0 Å². The second-order valence-corrected chi connectivity index (χ2v) is 8.58. The number of carbonyl (C=O) groups is 1. The van der Waals surface area contributed by atoms with Crippen LogP contribution in [0.2, 0.25) is 0 Å². The van der Waals surface area contributed by atoms with Gasteiger partial charge in [-0.1, -0.05) is 23.9 Å². The number of aromatic nitrogens is 2. The van der Waals surface area contributed by atoms with Gasteiger partial charge in [0.15, 0.2) is 5.16 Å². The van der Waals surface area contributed by atoms with Gasteiger partial charge in [-0.25, -0.2) is 4.98 Å². The van der Waals surface area contributed by atoms with Gasteiger partial charge in [0.25, 0.3) is 5.56 Å². The predicted molar refractivity (Wildman–Crippen MR) is 120 cm³/mol. The third kappa shape index (κ3) is 4.07. The fourth-order valence-corrected chi connectivity index (χ4v) is 4.69. The summed E-state index contributed by atoms with van der Waals surface area (Å²) in [5.74, 6) is 0.841. The van der Waals surface area contributed by atoms with Crippen molar-refractivity contribution in [1.29, 1.82) is 0 Å². The smallest absolute Gasteiger partial charge is 0.266 e. The molecule has 0 unspecified atom stereocenters. The lowest BCUT2D eigenvalue weighted by Crippen LogP contribution is -2.34. The van der Waals surface area contributed by atoms with E-state index >= 15 is 0 Å². The molecule has 1 amide bonds. The Balaban J connectivity index is 1.76. The van der Waals surface area contributed by atoms with Crippen molar-refractivity contribution < 1.29 is 9.53 Å². The summed E-state index contributed by atoms with van der Waals surface area (Å²) in [6, 6.07) is 14.7. The minimum atomic E-state index is -0.329. The Morgan fingerprint density at radius 1 is 1.13 bits per heavy atom. The summed E-state index contributed by atoms with van der Waals surface area (Å²) in [6.45, 7) is 6.00. The van der Waals surface area contributed by atoms with Gasteiger partial charge in [-0.15, -0.1) is 0 Å². The van der Waals surface area contributed by atoms with Gasteiger partial charge in [-0.3, -0.25) is 14.2 Å². The molecule has 2 heterocycles. The second-order valence-electron chi connectivity index (χ2n) is 7.27. The van der Waals surface area contributed by atoms with E-state index in [1.165, 1.54) is 11.8 Å². The quantitative estimate of drug-likeness (QED) is 0.445. The number of nitrogens with zero attached hydrogens (tertiary/aromatic N) is 3. The summed E-state index contributed by atoms with van der Waals surface area (Å²) in [5.41, 5.74) is 1.19. The van der Waals surface area contributed by atoms with Crippen LogP contribution in [-0.4, -0.2) is 45.3 Å². The van der Waals surface area contributed by atoms with Gasteiger partial charge in [0.2, 0.25) is 5.91 Å². The molecular weight excluding hydrogens is 398 g/mol. The first-order valence-electron chi connectivity index (χ1n) is 10.3. The minimum Gasteiger partial charge on any atom is -0.494 e. The minimum absolute atomic E-state index is 0.0955. The van der Waals surface area contributed by atoms with Gasteiger partial charge in [0.05, 0.1) is 28.4 Å². The molecule has 156 valence electrons. The highest BCUT2D eigenvalue weighted by Crippen LogP contribution is 2.27. The van der Waals surface area contributed by atoms with Crippen LogP contribution in [0.15, 0.2) is 58.5 Å². The van der Waals surface area contributed by atoms with E-state index in [9.17, 15) is 9.59 Å². The summed E-state index contributed by atoms with van der Waals surface area (Å²) in [7, 11) is 0. The van der Waals surface area contributed by atoms with Crippen molar-refractivity contribution in [1.82, 2.24) is 14.5 Å². The number of hydrogen-bond acceptors (Lipinski definition) is 5. The van der Waals surface area contributed by atoms with Gasteiger partial charge < -0.3 is 9.64 Å². The molecule has 1 atom stereocenters. The number of fused-ring (bicyclic) bond motifs is 1.